The van der Waals surface area contributed by atoms with E-state index in [-0.39, 0.29) is 17.9 Å². The third-order valence-corrected chi connectivity index (χ3v) is 4.51. The third-order valence-electron chi connectivity index (χ3n) is 4.51. The molecule has 0 radical (unpaired) electrons. The number of unbranched alkanes of at least 4 members (excludes halogenated alkanes) is 2. The van der Waals surface area contributed by atoms with Crippen LogP contribution in [0, 0.1) is 5.92 Å². The Kier molecular flexibility index (Phi) is 4.16. The molecular weight excluding hydrogens is 240 g/mol. The SMILES string of the molecule is CCCCCN1C(=O)C(C)(CC)NC(=O)C1C1CC1. The molecule has 1 saturated heterocycles. The number of carbonyl (C=O) groups excluding carboxylic acids is 2. The summed E-state index contributed by atoms with van der Waals surface area (Å²) in [6, 6.07) is -0.205. The van der Waals surface area contributed by atoms with E-state index in [0.29, 0.717) is 12.3 Å². The number of piperazine rings is 1. The summed E-state index contributed by atoms with van der Waals surface area (Å²) in [5, 5.41) is 2.95. The fourth-order valence-electron chi connectivity index (χ4n) is 2.88. The van der Waals surface area contributed by atoms with Crippen molar-refractivity contribution in [3.8, 4) is 0 Å². The lowest BCUT2D eigenvalue weighted by molar-refractivity contribution is -0.155. The van der Waals surface area contributed by atoms with E-state index in [9.17, 15) is 9.59 Å². The predicted molar refractivity (Wildman–Crippen MR) is 74.6 cm³/mol. The van der Waals surface area contributed by atoms with Crippen molar-refractivity contribution in [3.05, 3.63) is 0 Å². The van der Waals surface area contributed by atoms with Crippen molar-refractivity contribution in [2.75, 3.05) is 6.54 Å². The highest BCUT2D eigenvalue weighted by Crippen LogP contribution is 2.38. The van der Waals surface area contributed by atoms with Crippen molar-refractivity contribution in [1.82, 2.24) is 10.2 Å². The van der Waals surface area contributed by atoms with E-state index in [2.05, 4.69) is 12.2 Å². The van der Waals surface area contributed by atoms with Crippen LogP contribution in [0.4, 0.5) is 0 Å². The molecule has 0 aromatic heterocycles. The Morgan fingerprint density at radius 2 is 1.95 bits per heavy atom. The molecular formula is C15H26N2O2. The van der Waals surface area contributed by atoms with Gasteiger partial charge in [-0.1, -0.05) is 26.7 Å². The van der Waals surface area contributed by atoms with Crippen LogP contribution >= 0.6 is 0 Å². The first-order chi connectivity index (χ1) is 9.03. The van der Waals surface area contributed by atoms with Gasteiger partial charge < -0.3 is 10.2 Å². The van der Waals surface area contributed by atoms with E-state index in [1.54, 1.807) is 0 Å². The smallest absolute Gasteiger partial charge is 0.248 e. The zero-order valence-corrected chi connectivity index (χ0v) is 12.4. The van der Waals surface area contributed by atoms with Crippen molar-refractivity contribution >= 4 is 11.8 Å². The Morgan fingerprint density at radius 3 is 2.47 bits per heavy atom. The molecule has 4 heteroatoms. The van der Waals surface area contributed by atoms with Crippen molar-refractivity contribution in [2.45, 2.75) is 70.9 Å². The molecule has 0 spiro atoms. The van der Waals surface area contributed by atoms with Crippen LogP contribution < -0.4 is 5.32 Å². The highest BCUT2D eigenvalue weighted by molar-refractivity contribution is 5.99. The first-order valence-electron chi connectivity index (χ1n) is 7.66. The normalized spacial score (nSPS) is 31.5. The van der Waals surface area contributed by atoms with Crippen LogP contribution in [0.25, 0.3) is 0 Å². The standard InChI is InChI=1S/C15H26N2O2/c1-4-6-7-10-17-12(11-8-9-11)13(18)16-15(3,5-2)14(17)19/h11-12H,4-10H2,1-3H3,(H,16,18). The molecule has 108 valence electrons. The Labute approximate surface area is 115 Å². The van der Waals surface area contributed by atoms with Gasteiger partial charge >= 0.3 is 0 Å². The summed E-state index contributed by atoms with van der Waals surface area (Å²) in [6.07, 6.45) is 6.06. The zero-order chi connectivity index (χ0) is 14.0. The zero-order valence-electron chi connectivity index (χ0n) is 12.4. The third kappa shape index (κ3) is 2.77. The molecule has 4 nitrogen and oxygen atoms in total. The van der Waals surface area contributed by atoms with Gasteiger partial charge in [0.2, 0.25) is 11.8 Å². The number of hydrogen-bond donors (Lipinski definition) is 1. The maximum Gasteiger partial charge on any atom is 0.248 e. The summed E-state index contributed by atoms with van der Waals surface area (Å²) in [5.41, 5.74) is -0.700. The second kappa shape index (κ2) is 5.51. The van der Waals surface area contributed by atoms with Crippen molar-refractivity contribution < 1.29 is 9.59 Å². The minimum absolute atomic E-state index is 0.0583. The molecule has 0 aromatic rings. The minimum atomic E-state index is -0.700. The predicted octanol–water partition coefficient (Wildman–Crippen LogP) is 2.08. The highest BCUT2D eigenvalue weighted by atomic mass is 16.2. The summed E-state index contributed by atoms with van der Waals surface area (Å²) < 4.78 is 0. The molecule has 2 rings (SSSR count). The topological polar surface area (TPSA) is 49.4 Å². The summed E-state index contributed by atoms with van der Waals surface area (Å²) >= 11 is 0. The van der Waals surface area contributed by atoms with Crippen LogP contribution in [0.3, 0.4) is 0 Å². The first-order valence-corrected chi connectivity index (χ1v) is 7.66. The Balaban J connectivity index is 2.14. The highest BCUT2D eigenvalue weighted by Gasteiger charge is 2.51. The molecule has 1 aliphatic heterocycles. The quantitative estimate of drug-likeness (QED) is 0.748. The van der Waals surface area contributed by atoms with Crippen LogP contribution in [0.5, 0.6) is 0 Å². The Morgan fingerprint density at radius 1 is 1.26 bits per heavy atom. The van der Waals surface area contributed by atoms with Crippen molar-refractivity contribution in [1.29, 1.82) is 0 Å². The molecule has 2 amide bonds. The van der Waals surface area contributed by atoms with Gasteiger partial charge in [-0.3, -0.25) is 9.59 Å². The summed E-state index contributed by atoms with van der Waals surface area (Å²) in [6.45, 7) is 6.69. The van der Waals surface area contributed by atoms with E-state index in [4.69, 9.17) is 0 Å². The number of nitrogens with one attached hydrogen (secondary N) is 1. The largest absolute Gasteiger partial charge is 0.340 e. The molecule has 1 N–H and O–H groups in total. The van der Waals surface area contributed by atoms with Crippen LogP contribution in [0.15, 0.2) is 0 Å². The molecule has 0 bridgehead atoms. The second-order valence-electron chi connectivity index (χ2n) is 6.16. The van der Waals surface area contributed by atoms with Gasteiger partial charge in [-0.15, -0.1) is 0 Å². The molecule has 2 unspecified atom stereocenters. The van der Waals surface area contributed by atoms with Gasteiger partial charge in [0.1, 0.15) is 11.6 Å². The molecule has 0 aromatic carbocycles. The molecule has 2 fully saturated rings. The van der Waals surface area contributed by atoms with E-state index >= 15 is 0 Å². The first kappa shape index (κ1) is 14.4. The van der Waals surface area contributed by atoms with Crippen LogP contribution in [-0.4, -0.2) is 34.8 Å². The van der Waals surface area contributed by atoms with Crippen LogP contribution in [0.2, 0.25) is 0 Å². The van der Waals surface area contributed by atoms with Gasteiger partial charge in [-0.2, -0.15) is 0 Å². The number of nitrogens with zero attached hydrogens (tertiary/aromatic N) is 1. The molecule has 2 atom stereocenters. The lowest BCUT2D eigenvalue weighted by Gasteiger charge is -2.44. The number of amides is 2. The van der Waals surface area contributed by atoms with Gasteiger partial charge in [0.05, 0.1) is 0 Å². The lowest BCUT2D eigenvalue weighted by Crippen LogP contribution is -2.69. The van der Waals surface area contributed by atoms with E-state index < -0.39 is 5.54 Å². The summed E-state index contributed by atoms with van der Waals surface area (Å²) in [5.74, 6) is 0.567. The minimum Gasteiger partial charge on any atom is -0.340 e. The molecule has 1 aliphatic carbocycles. The average Bonchev–Trinajstić information content (AvgIpc) is 3.20. The lowest BCUT2D eigenvalue weighted by atomic mass is 9.90. The number of rotatable bonds is 6. The molecule has 1 saturated carbocycles. The number of hydrogen-bond acceptors (Lipinski definition) is 2. The second-order valence-corrected chi connectivity index (χ2v) is 6.16. The monoisotopic (exact) mass is 266 g/mol. The van der Waals surface area contributed by atoms with Gasteiger partial charge in [-0.05, 0) is 38.5 Å². The fraction of sp³-hybridized carbons (Fsp3) is 0.867. The van der Waals surface area contributed by atoms with Crippen LogP contribution in [-0.2, 0) is 9.59 Å². The number of carbonyl (C=O) groups is 2. The summed E-state index contributed by atoms with van der Waals surface area (Å²) in [4.78, 5) is 26.9. The molecule has 1 heterocycles. The van der Waals surface area contributed by atoms with Crippen molar-refractivity contribution in [2.24, 2.45) is 5.92 Å². The van der Waals surface area contributed by atoms with Gasteiger partial charge in [-0.25, -0.2) is 0 Å². The maximum atomic E-state index is 12.7. The van der Waals surface area contributed by atoms with E-state index in [0.717, 1.165) is 38.6 Å². The Bertz CT molecular complexity index is 365. The maximum absolute atomic E-state index is 12.7. The fourth-order valence-corrected chi connectivity index (χ4v) is 2.88. The average molecular weight is 266 g/mol. The Hall–Kier alpha value is -1.06. The van der Waals surface area contributed by atoms with Gasteiger partial charge in [0.15, 0.2) is 0 Å². The van der Waals surface area contributed by atoms with Crippen molar-refractivity contribution in [3.63, 3.8) is 0 Å². The van der Waals surface area contributed by atoms with E-state index in [1.807, 2.05) is 18.7 Å². The van der Waals surface area contributed by atoms with Crippen LogP contribution in [0.1, 0.15) is 59.3 Å². The summed E-state index contributed by atoms with van der Waals surface area (Å²) in [7, 11) is 0. The van der Waals surface area contributed by atoms with Gasteiger partial charge in [0, 0.05) is 6.54 Å². The molecule has 2 aliphatic rings. The molecule has 19 heavy (non-hydrogen) atoms. The van der Waals surface area contributed by atoms with E-state index in [1.165, 1.54) is 0 Å². The van der Waals surface area contributed by atoms with Gasteiger partial charge in [0.25, 0.3) is 0 Å².